The second-order valence-electron chi connectivity index (χ2n) is 6.35. The monoisotopic (exact) mass is 284 g/mol. The van der Waals surface area contributed by atoms with Gasteiger partial charge in [-0.05, 0) is 31.6 Å². The molecule has 1 saturated heterocycles. The van der Waals surface area contributed by atoms with Crippen molar-refractivity contribution in [1.29, 1.82) is 0 Å². The maximum Gasteiger partial charge on any atom is 0.311 e. The SMILES string of the molecule is CCCCCC1CCC(C2OCC(C(=O)O)CO2)CC1. The normalized spacial score (nSPS) is 34.9. The maximum absolute atomic E-state index is 10.8. The van der Waals surface area contributed by atoms with E-state index in [9.17, 15) is 4.79 Å². The molecule has 0 atom stereocenters. The summed E-state index contributed by atoms with van der Waals surface area (Å²) in [5, 5.41) is 8.91. The lowest BCUT2D eigenvalue weighted by molar-refractivity contribution is -0.231. The van der Waals surface area contributed by atoms with E-state index in [1.54, 1.807) is 0 Å². The topological polar surface area (TPSA) is 55.8 Å². The van der Waals surface area contributed by atoms with Crippen LogP contribution in [0.3, 0.4) is 0 Å². The van der Waals surface area contributed by atoms with E-state index in [0.29, 0.717) is 19.1 Å². The summed E-state index contributed by atoms with van der Waals surface area (Å²) < 4.78 is 11.2. The summed E-state index contributed by atoms with van der Waals surface area (Å²) in [6.45, 7) is 2.85. The summed E-state index contributed by atoms with van der Waals surface area (Å²) in [6.07, 6.45) is 10.1. The molecule has 0 unspecified atom stereocenters. The van der Waals surface area contributed by atoms with Crippen LogP contribution in [0.25, 0.3) is 0 Å². The van der Waals surface area contributed by atoms with Gasteiger partial charge in [-0.1, -0.05) is 32.6 Å². The molecule has 0 radical (unpaired) electrons. The van der Waals surface area contributed by atoms with Crippen LogP contribution in [-0.2, 0) is 14.3 Å². The number of carboxylic acids is 1. The molecule has 0 aromatic heterocycles. The van der Waals surface area contributed by atoms with Crippen LogP contribution >= 0.6 is 0 Å². The first-order chi connectivity index (χ1) is 9.70. The Balaban J connectivity index is 1.65. The van der Waals surface area contributed by atoms with Gasteiger partial charge in [0, 0.05) is 5.92 Å². The van der Waals surface area contributed by atoms with Crippen molar-refractivity contribution in [2.24, 2.45) is 17.8 Å². The highest BCUT2D eigenvalue weighted by Crippen LogP contribution is 2.36. The number of ether oxygens (including phenoxy) is 2. The zero-order valence-corrected chi connectivity index (χ0v) is 12.6. The van der Waals surface area contributed by atoms with Gasteiger partial charge in [0.1, 0.15) is 5.92 Å². The van der Waals surface area contributed by atoms with Crippen molar-refractivity contribution in [3.05, 3.63) is 0 Å². The van der Waals surface area contributed by atoms with Crippen molar-refractivity contribution in [3.63, 3.8) is 0 Å². The Morgan fingerprint density at radius 2 is 1.75 bits per heavy atom. The van der Waals surface area contributed by atoms with Crippen molar-refractivity contribution >= 4 is 5.97 Å². The van der Waals surface area contributed by atoms with Crippen molar-refractivity contribution < 1.29 is 19.4 Å². The van der Waals surface area contributed by atoms with Crippen molar-refractivity contribution in [2.45, 2.75) is 64.6 Å². The summed E-state index contributed by atoms with van der Waals surface area (Å²) in [4.78, 5) is 10.8. The minimum atomic E-state index is -0.817. The molecule has 2 aliphatic rings. The summed E-state index contributed by atoms with van der Waals surface area (Å²) >= 11 is 0. The van der Waals surface area contributed by atoms with Gasteiger partial charge in [-0.15, -0.1) is 0 Å². The van der Waals surface area contributed by atoms with E-state index in [1.807, 2.05) is 0 Å². The second-order valence-corrected chi connectivity index (χ2v) is 6.35. The third-order valence-corrected chi connectivity index (χ3v) is 4.76. The van der Waals surface area contributed by atoms with E-state index < -0.39 is 11.9 Å². The highest BCUT2D eigenvalue weighted by molar-refractivity contribution is 5.70. The molecule has 1 aliphatic heterocycles. The minimum absolute atomic E-state index is 0.165. The van der Waals surface area contributed by atoms with Crippen molar-refractivity contribution in [3.8, 4) is 0 Å². The molecule has 4 nitrogen and oxygen atoms in total. The Labute approximate surface area is 121 Å². The van der Waals surface area contributed by atoms with Crippen LogP contribution in [0.5, 0.6) is 0 Å². The summed E-state index contributed by atoms with van der Waals surface area (Å²) in [7, 11) is 0. The molecule has 1 saturated carbocycles. The fourth-order valence-corrected chi connectivity index (χ4v) is 3.37. The van der Waals surface area contributed by atoms with E-state index >= 15 is 0 Å². The molecule has 0 bridgehead atoms. The van der Waals surface area contributed by atoms with Gasteiger partial charge < -0.3 is 14.6 Å². The van der Waals surface area contributed by atoms with Crippen molar-refractivity contribution in [2.75, 3.05) is 13.2 Å². The van der Waals surface area contributed by atoms with E-state index in [2.05, 4.69) is 6.92 Å². The Kier molecular flexibility index (Phi) is 6.30. The largest absolute Gasteiger partial charge is 0.481 e. The molecular weight excluding hydrogens is 256 g/mol. The van der Waals surface area contributed by atoms with Gasteiger partial charge in [0.05, 0.1) is 13.2 Å². The van der Waals surface area contributed by atoms with Gasteiger partial charge in [-0.3, -0.25) is 4.79 Å². The highest BCUT2D eigenvalue weighted by Gasteiger charge is 2.34. The number of hydrogen-bond donors (Lipinski definition) is 1. The van der Waals surface area contributed by atoms with E-state index in [-0.39, 0.29) is 6.29 Å². The standard InChI is InChI=1S/C16H28O4/c1-2-3-4-5-12-6-8-13(9-7-12)16-19-10-14(11-20-16)15(17)18/h12-14,16H,2-11H2,1H3,(H,17,18). The first-order valence-corrected chi connectivity index (χ1v) is 8.16. The predicted molar refractivity (Wildman–Crippen MR) is 76.4 cm³/mol. The summed E-state index contributed by atoms with van der Waals surface area (Å²) in [6, 6.07) is 0. The van der Waals surface area contributed by atoms with Crippen LogP contribution in [0.15, 0.2) is 0 Å². The molecule has 20 heavy (non-hydrogen) atoms. The Morgan fingerprint density at radius 1 is 1.10 bits per heavy atom. The van der Waals surface area contributed by atoms with E-state index in [1.165, 1.54) is 51.4 Å². The van der Waals surface area contributed by atoms with E-state index in [0.717, 1.165) is 5.92 Å². The molecule has 116 valence electrons. The zero-order chi connectivity index (χ0) is 14.4. The average molecular weight is 284 g/mol. The molecule has 2 rings (SSSR count). The third-order valence-electron chi connectivity index (χ3n) is 4.76. The lowest BCUT2D eigenvalue weighted by atomic mass is 9.79. The van der Waals surface area contributed by atoms with Crippen LogP contribution in [0.2, 0.25) is 0 Å². The van der Waals surface area contributed by atoms with Gasteiger partial charge >= 0.3 is 5.97 Å². The fourth-order valence-electron chi connectivity index (χ4n) is 3.37. The predicted octanol–water partition coefficient (Wildman–Crippen LogP) is 3.45. The maximum atomic E-state index is 10.8. The number of unbranched alkanes of at least 4 members (excludes halogenated alkanes) is 2. The van der Waals surface area contributed by atoms with Gasteiger partial charge in [-0.25, -0.2) is 0 Å². The smallest absolute Gasteiger partial charge is 0.311 e. The molecule has 0 amide bonds. The quantitative estimate of drug-likeness (QED) is 0.759. The number of carbonyl (C=O) groups is 1. The number of aliphatic carboxylic acids is 1. The van der Waals surface area contributed by atoms with Crippen LogP contribution < -0.4 is 0 Å². The lowest BCUT2D eigenvalue weighted by Gasteiger charge is -2.36. The molecule has 1 heterocycles. The summed E-state index contributed by atoms with van der Waals surface area (Å²) in [5.41, 5.74) is 0. The minimum Gasteiger partial charge on any atom is -0.481 e. The fraction of sp³-hybridized carbons (Fsp3) is 0.938. The number of hydrogen-bond acceptors (Lipinski definition) is 3. The molecule has 1 N–H and O–H groups in total. The third kappa shape index (κ3) is 4.45. The molecular formula is C16H28O4. The molecule has 4 heteroatoms. The van der Waals surface area contributed by atoms with Gasteiger partial charge in [0.25, 0.3) is 0 Å². The van der Waals surface area contributed by atoms with Gasteiger partial charge in [-0.2, -0.15) is 0 Å². The first-order valence-electron chi connectivity index (χ1n) is 8.16. The Bertz CT molecular complexity index is 289. The Hall–Kier alpha value is -0.610. The van der Waals surface area contributed by atoms with Crippen molar-refractivity contribution in [1.82, 2.24) is 0 Å². The lowest BCUT2D eigenvalue weighted by Crippen LogP contribution is -2.41. The van der Waals surface area contributed by atoms with E-state index in [4.69, 9.17) is 14.6 Å². The van der Waals surface area contributed by atoms with Gasteiger partial charge in [0.2, 0.25) is 0 Å². The molecule has 1 aliphatic carbocycles. The number of rotatable bonds is 6. The van der Waals surface area contributed by atoms with Crippen LogP contribution in [-0.4, -0.2) is 30.6 Å². The zero-order valence-electron chi connectivity index (χ0n) is 12.6. The van der Waals surface area contributed by atoms with Crippen LogP contribution in [0.4, 0.5) is 0 Å². The Morgan fingerprint density at radius 3 is 2.30 bits per heavy atom. The first kappa shape index (κ1) is 15.8. The second kappa shape index (κ2) is 7.99. The molecule has 0 spiro atoms. The van der Waals surface area contributed by atoms with Crippen LogP contribution in [0.1, 0.15) is 58.3 Å². The highest BCUT2D eigenvalue weighted by atomic mass is 16.7. The number of carboxylic acid groups (broad SMARTS) is 1. The molecule has 2 fully saturated rings. The van der Waals surface area contributed by atoms with Gasteiger partial charge in [0.15, 0.2) is 6.29 Å². The summed E-state index contributed by atoms with van der Waals surface area (Å²) in [5.74, 6) is 0.0417. The average Bonchev–Trinajstić information content (AvgIpc) is 2.48. The molecule has 0 aromatic carbocycles. The van der Waals surface area contributed by atoms with Crippen LogP contribution in [0, 0.1) is 17.8 Å². The molecule has 0 aromatic rings.